The lowest BCUT2D eigenvalue weighted by molar-refractivity contribution is -0.138. The second-order valence-electron chi connectivity index (χ2n) is 4.00. The Morgan fingerprint density at radius 1 is 1.42 bits per heavy atom. The van der Waals surface area contributed by atoms with Crippen LogP contribution in [0.4, 0.5) is 0 Å². The van der Waals surface area contributed by atoms with Gasteiger partial charge >= 0.3 is 5.97 Å². The number of thioether (sulfide) groups is 1. The van der Waals surface area contributed by atoms with Crippen molar-refractivity contribution in [2.75, 3.05) is 20.0 Å². The number of carbonyl (C=O) groups is 1. The summed E-state index contributed by atoms with van der Waals surface area (Å²) in [5.74, 6) is 0.977. The average Bonchev–Trinajstić information content (AvgIpc) is 2.87. The number of methoxy groups -OCH3 is 2. The SMILES string of the molecule is COc1cc(Br)c(C2N[C@H](C(=O)O)CS2)cc1OC. The summed E-state index contributed by atoms with van der Waals surface area (Å²) in [5.41, 5.74) is 0.950. The van der Waals surface area contributed by atoms with Crippen molar-refractivity contribution in [3.05, 3.63) is 22.2 Å². The first-order valence-corrected chi connectivity index (χ1v) is 7.43. The highest BCUT2D eigenvalue weighted by atomic mass is 79.9. The number of halogens is 1. The molecule has 7 heteroatoms. The van der Waals surface area contributed by atoms with Crippen molar-refractivity contribution in [2.45, 2.75) is 11.4 Å². The summed E-state index contributed by atoms with van der Waals surface area (Å²) in [5, 5.41) is 12.0. The van der Waals surface area contributed by atoms with Crippen LogP contribution < -0.4 is 14.8 Å². The molecule has 1 aromatic rings. The van der Waals surface area contributed by atoms with E-state index in [0.717, 1.165) is 10.0 Å². The zero-order chi connectivity index (χ0) is 14.0. The third-order valence-electron chi connectivity index (χ3n) is 2.87. The summed E-state index contributed by atoms with van der Waals surface area (Å²) in [7, 11) is 3.15. The second-order valence-corrected chi connectivity index (χ2v) is 5.99. The highest BCUT2D eigenvalue weighted by Crippen LogP contribution is 2.41. The van der Waals surface area contributed by atoms with E-state index in [2.05, 4.69) is 21.2 Å². The third kappa shape index (κ3) is 2.98. The molecule has 1 aliphatic heterocycles. The van der Waals surface area contributed by atoms with Crippen LogP contribution in [-0.4, -0.2) is 37.1 Å². The van der Waals surface area contributed by atoms with E-state index in [1.807, 2.05) is 12.1 Å². The Bertz CT molecular complexity index is 497. The van der Waals surface area contributed by atoms with E-state index in [1.165, 1.54) is 0 Å². The Balaban J connectivity index is 2.28. The summed E-state index contributed by atoms with van der Waals surface area (Å²) in [6, 6.07) is 3.16. The Labute approximate surface area is 123 Å². The van der Waals surface area contributed by atoms with Gasteiger partial charge in [-0.1, -0.05) is 15.9 Å². The summed E-state index contributed by atoms with van der Waals surface area (Å²) >= 11 is 5.04. The Morgan fingerprint density at radius 2 is 2.05 bits per heavy atom. The summed E-state index contributed by atoms with van der Waals surface area (Å²) in [6.45, 7) is 0. The molecule has 19 heavy (non-hydrogen) atoms. The van der Waals surface area contributed by atoms with Crippen LogP contribution in [0.2, 0.25) is 0 Å². The first-order chi connectivity index (χ1) is 9.06. The van der Waals surface area contributed by atoms with Crippen molar-refractivity contribution in [1.29, 1.82) is 0 Å². The van der Waals surface area contributed by atoms with Gasteiger partial charge in [0.05, 0.1) is 19.6 Å². The van der Waals surface area contributed by atoms with Gasteiger partial charge in [-0.2, -0.15) is 0 Å². The molecule has 1 saturated heterocycles. The molecule has 1 heterocycles. The highest BCUT2D eigenvalue weighted by molar-refractivity contribution is 9.10. The smallest absolute Gasteiger partial charge is 0.321 e. The summed E-state index contributed by atoms with van der Waals surface area (Å²) < 4.78 is 11.3. The van der Waals surface area contributed by atoms with Gasteiger partial charge in [-0.05, 0) is 17.7 Å². The number of nitrogens with one attached hydrogen (secondary N) is 1. The predicted octanol–water partition coefficient (Wildman–Crippen LogP) is 2.25. The molecule has 1 aromatic carbocycles. The van der Waals surface area contributed by atoms with Crippen LogP contribution in [0.15, 0.2) is 16.6 Å². The lowest BCUT2D eigenvalue weighted by Gasteiger charge is -2.16. The Kier molecular flexibility index (Phi) is 4.59. The molecule has 2 rings (SSSR count). The molecule has 0 spiro atoms. The van der Waals surface area contributed by atoms with E-state index >= 15 is 0 Å². The molecule has 0 aromatic heterocycles. The molecule has 104 valence electrons. The first-order valence-electron chi connectivity index (χ1n) is 5.58. The molecule has 0 saturated carbocycles. The van der Waals surface area contributed by atoms with Gasteiger partial charge in [-0.25, -0.2) is 0 Å². The quantitative estimate of drug-likeness (QED) is 0.870. The number of ether oxygens (including phenoxy) is 2. The van der Waals surface area contributed by atoms with E-state index in [-0.39, 0.29) is 5.37 Å². The van der Waals surface area contributed by atoms with Gasteiger partial charge in [0.1, 0.15) is 6.04 Å². The van der Waals surface area contributed by atoms with Crippen molar-refractivity contribution < 1.29 is 19.4 Å². The zero-order valence-electron chi connectivity index (χ0n) is 10.5. The van der Waals surface area contributed by atoms with Gasteiger partial charge in [0.2, 0.25) is 0 Å². The summed E-state index contributed by atoms with van der Waals surface area (Å²) in [6.07, 6.45) is 0. The van der Waals surface area contributed by atoms with Crippen LogP contribution in [0.1, 0.15) is 10.9 Å². The molecule has 1 fully saturated rings. The van der Waals surface area contributed by atoms with Crippen molar-refractivity contribution in [1.82, 2.24) is 5.32 Å². The number of hydrogen-bond donors (Lipinski definition) is 2. The van der Waals surface area contributed by atoms with Crippen LogP contribution in [0.5, 0.6) is 11.5 Å². The Hall–Kier alpha value is -0.920. The Morgan fingerprint density at radius 3 is 2.58 bits per heavy atom. The molecule has 2 N–H and O–H groups in total. The van der Waals surface area contributed by atoms with Crippen molar-refractivity contribution in [2.24, 2.45) is 0 Å². The molecule has 0 radical (unpaired) electrons. The molecule has 1 aliphatic rings. The maximum atomic E-state index is 11.0. The van der Waals surface area contributed by atoms with Crippen LogP contribution in [0, 0.1) is 0 Å². The van der Waals surface area contributed by atoms with Gasteiger partial charge in [0, 0.05) is 10.2 Å². The van der Waals surface area contributed by atoms with E-state index in [4.69, 9.17) is 14.6 Å². The second kappa shape index (κ2) is 6.02. The van der Waals surface area contributed by atoms with Gasteiger partial charge in [-0.15, -0.1) is 11.8 Å². The summed E-state index contributed by atoms with van der Waals surface area (Å²) in [4.78, 5) is 11.0. The first kappa shape index (κ1) is 14.5. The van der Waals surface area contributed by atoms with Gasteiger partial charge in [0.15, 0.2) is 11.5 Å². The number of rotatable bonds is 4. The zero-order valence-corrected chi connectivity index (χ0v) is 12.9. The molecule has 0 bridgehead atoms. The number of carboxylic acid groups (broad SMARTS) is 1. The largest absolute Gasteiger partial charge is 0.493 e. The lowest BCUT2D eigenvalue weighted by Crippen LogP contribution is -2.33. The molecule has 5 nitrogen and oxygen atoms in total. The topological polar surface area (TPSA) is 67.8 Å². The number of benzene rings is 1. The molecular weight excluding hydrogens is 334 g/mol. The fraction of sp³-hybridized carbons (Fsp3) is 0.417. The van der Waals surface area contributed by atoms with E-state index in [1.54, 1.807) is 26.0 Å². The fourth-order valence-electron chi connectivity index (χ4n) is 1.86. The number of carboxylic acids is 1. The van der Waals surface area contributed by atoms with Gasteiger partial charge < -0.3 is 14.6 Å². The van der Waals surface area contributed by atoms with Crippen molar-refractivity contribution >= 4 is 33.7 Å². The predicted molar refractivity (Wildman–Crippen MR) is 77.0 cm³/mol. The number of aliphatic carboxylic acids is 1. The van der Waals surface area contributed by atoms with Crippen LogP contribution in [0.3, 0.4) is 0 Å². The minimum Gasteiger partial charge on any atom is -0.493 e. The fourth-order valence-corrected chi connectivity index (χ4v) is 3.83. The standard InChI is InChI=1S/C12H14BrNO4S/c1-17-9-3-6(7(13)4-10(9)18-2)11-14-8(5-19-11)12(15)16/h3-4,8,11,14H,5H2,1-2H3,(H,15,16)/t8-,11?/m0/s1. The maximum absolute atomic E-state index is 11.0. The maximum Gasteiger partial charge on any atom is 0.321 e. The lowest BCUT2D eigenvalue weighted by atomic mass is 10.2. The molecule has 2 atom stereocenters. The molecule has 0 aliphatic carbocycles. The van der Waals surface area contributed by atoms with Crippen LogP contribution >= 0.6 is 27.7 Å². The van der Waals surface area contributed by atoms with Gasteiger partial charge in [-0.3, -0.25) is 10.1 Å². The van der Waals surface area contributed by atoms with Gasteiger partial charge in [0.25, 0.3) is 0 Å². The normalized spacial score (nSPS) is 22.3. The van der Waals surface area contributed by atoms with E-state index < -0.39 is 12.0 Å². The highest BCUT2D eigenvalue weighted by Gasteiger charge is 2.31. The average molecular weight is 348 g/mol. The van der Waals surface area contributed by atoms with E-state index in [9.17, 15) is 4.79 Å². The minimum atomic E-state index is -0.827. The minimum absolute atomic E-state index is 0.0738. The monoisotopic (exact) mass is 347 g/mol. The van der Waals surface area contributed by atoms with Crippen LogP contribution in [-0.2, 0) is 4.79 Å². The van der Waals surface area contributed by atoms with Crippen LogP contribution in [0.25, 0.3) is 0 Å². The van der Waals surface area contributed by atoms with Crippen molar-refractivity contribution in [3.63, 3.8) is 0 Å². The van der Waals surface area contributed by atoms with E-state index in [0.29, 0.717) is 17.3 Å². The molecule has 0 amide bonds. The molecule has 1 unspecified atom stereocenters. The molecular formula is C12H14BrNO4S. The number of hydrogen-bond acceptors (Lipinski definition) is 5. The third-order valence-corrected chi connectivity index (χ3v) is 4.80. The van der Waals surface area contributed by atoms with Crippen molar-refractivity contribution in [3.8, 4) is 11.5 Å².